The van der Waals surface area contributed by atoms with E-state index in [9.17, 15) is 4.79 Å². The molecule has 3 aromatic rings. The van der Waals surface area contributed by atoms with Gasteiger partial charge in [0.2, 0.25) is 0 Å². The lowest BCUT2D eigenvalue weighted by atomic mass is 10.0. The van der Waals surface area contributed by atoms with Crippen LogP contribution in [0, 0.1) is 6.92 Å². The summed E-state index contributed by atoms with van der Waals surface area (Å²) in [6.45, 7) is 9.38. The van der Waals surface area contributed by atoms with E-state index in [1.165, 1.54) is 5.56 Å². The zero-order valence-corrected chi connectivity index (χ0v) is 16.5. The van der Waals surface area contributed by atoms with Gasteiger partial charge in [-0.2, -0.15) is 0 Å². The minimum Gasteiger partial charge on any atom is -0.329 e. The molecule has 0 saturated heterocycles. The van der Waals surface area contributed by atoms with Gasteiger partial charge in [0, 0.05) is 30.0 Å². The first kappa shape index (κ1) is 18.9. The van der Waals surface area contributed by atoms with Gasteiger partial charge in [-0.3, -0.25) is 4.79 Å². The summed E-state index contributed by atoms with van der Waals surface area (Å²) in [6, 6.07) is 18.0. The maximum absolute atomic E-state index is 13.3. The number of hydrogen-bond donors (Lipinski definition) is 0. The fraction of sp³-hybridized carbons (Fsp3) is 0.304. The van der Waals surface area contributed by atoms with Crippen molar-refractivity contribution in [2.45, 2.75) is 46.3 Å². The molecule has 1 aromatic heterocycles. The molecule has 0 saturated carbocycles. The largest absolute Gasteiger partial charge is 0.329 e. The van der Waals surface area contributed by atoms with Crippen molar-refractivity contribution in [2.24, 2.45) is 0 Å². The van der Waals surface area contributed by atoms with E-state index in [1.54, 1.807) is 6.20 Å². The van der Waals surface area contributed by atoms with Crippen LogP contribution in [-0.4, -0.2) is 25.9 Å². The number of nitrogens with zero attached hydrogens (tertiary/aromatic N) is 3. The summed E-state index contributed by atoms with van der Waals surface area (Å²) in [5.74, 6) is 0.922. The van der Waals surface area contributed by atoms with Crippen LogP contribution in [0.25, 0.3) is 0 Å². The smallest absolute Gasteiger partial charge is 0.254 e. The van der Waals surface area contributed by atoms with E-state index in [0.29, 0.717) is 6.54 Å². The number of benzene rings is 2. The highest BCUT2D eigenvalue weighted by Gasteiger charge is 2.29. The Labute approximate surface area is 161 Å². The van der Waals surface area contributed by atoms with Crippen LogP contribution in [0.5, 0.6) is 0 Å². The molecule has 27 heavy (non-hydrogen) atoms. The second-order valence-corrected chi connectivity index (χ2v) is 7.83. The highest BCUT2D eigenvalue weighted by Crippen LogP contribution is 2.22. The molecule has 0 spiro atoms. The molecule has 0 bridgehead atoms. The van der Waals surface area contributed by atoms with Crippen LogP contribution in [0.3, 0.4) is 0 Å². The average molecular weight is 361 g/mol. The maximum Gasteiger partial charge on any atom is 0.254 e. The summed E-state index contributed by atoms with van der Waals surface area (Å²) in [7, 11) is 0. The Kier molecular flexibility index (Phi) is 5.45. The third-order valence-electron chi connectivity index (χ3n) is 4.73. The molecule has 0 fully saturated rings. The average Bonchev–Trinajstić information content (AvgIpc) is 3.06. The van der Waals surface area contributed by atoms with Gasteiger partial charge in [0.25, 0.3) is 5.91 Å². The van der Waals surface area contributed by atoms with Crippen LogP contribution in [0.4, 0.5) is 0 Å². The molecular formula is C23H27N3O. The van der Waals surface area contributed by atoms with Crippen LogP contribution < -0.4 is 0 Å². The van der Waals surface area contributed by atoms with E-state index < -0.39 is 0 Å². The summed E-state index contributed by atoms with van der Waals surface area (Å²) in [5, 5.41) is 0. The first-order valence-corrected chi connectivity index (χ1v) is 9.28. The number of hydrogen-bond acceptors (Lipinski definition) is 2. The van der Waals surface area contributed by atoms with Crippen molar-refractivity contribution in [1.29, 1.82) is 0 Å². The molecule has 140 valence electrons. The molecule has 0 radical (unpaired) electrons. The predicted molar refractivity (Wildman–Crippen MR) is 109 cm³/mol. The van der Waals surface area contributed by atoms with Gasteiger partial charge in [0.1, 0.15) is 5.82 Å². The Morgan fingerprint density at radius 2 is 1.70 bits per heavy atom. The van der Waals surface area contributed by atoms with Crippen molar-refractivity contribution in [3.63, 3.8) is 0 Å². The van der Waals surface area contributed by atoms with Crippen LogP contribution in [-0.2, 0) is 13.1 Å². The van der Waals surface area contributed by atoms with Crippen molar-refractivity contribution in [3.8, 4) is 0 Å². The number of carbonyl (C=O) groups excluding carboxylic acids is 1. The predicted octanol–water partition coefficient (Wildman–Crippen LogP) is 4.68. The summed E-state index contributed by atoms with van der Waals surface area (Å²) in [5.41, 5.74) is 2.63. The molecule has 0 atom stereocenters. The molecule has 4 nitrogen and oxygen atoms in total. The molecule has 0 aliphatic carbocycles. The van der Waals surface area contributed by atoms with Gasteiger partial charge in [-0.15, -0.1) is 0 Å². The number of amides is 1. The first-order chi connectivity index (χ1) is 12.9. The summed E-state index contributed by atoms with van der Waals surface area (Å²) in [4.78, 5) is 19.7. The van der Waals surface area contributed by atoms with Crippen LogP contribution in [0.1, 0.15) is 48.1 Å². The van der Waals surface area contributed by atoms with Gasteiger partial charge >= 0.3 is 0 Å². The Hall–Kier alpha value is -2.88. The quantitative estimate of drug-likeness (QED) is 0.662. The van der Waals surface area contributed by atoms with E-state index in [1.807, 2.05) is 60.5 Å². The van der Waals surface area contributed by atoms with Gasteiger partial charge in [-0.05, 0) is 44.9 Å². The zero-order valence-electron chi connectivity index (χ0n) is 16.5. The molecule has 0 N–H and O–H groups in total. The molecule has 0 aliphatic rings. The van der Waals surface area contributed by atoms with Gasteiger partial charge in [-0.1, -0.05) is 48.5 Å². The molecule has 3 rings (SSSR count). The monoisotopic (exact) mass is 361 g/mol. The SMILES string of the molecule is Cc1ccccc1C(=O)N(Cc1nccn1Cc1ccccc1)C(C)(C)C. The highest BCUT2D eigenvalue weighted by atomic mass is 16.2. The van der Waals surface area contributed by atoms with Crippen LogP contribution in [0.2, 0.25) is 0 Å². The number of aromatic nitrogens is 2. The summed E-state index contributed by atoms with van der Waals surface area (Å²) in [6.07, 6.45) is 3.78. The van der Waals surface area contributed by atoms with Crippen molar-refractivity contribution < 1.29 is 4.79 Å². The van der Waals surface area contributed by atoms with Crippen molar-refractivity contribution in [1.82, 2.24) is 14.5 Å². The summed E-state index contributed by atoms with van der Waals surface area (Å²) < 4.78 is 2.11. The van der Waals surface area contributed by atoms with E-state index in [4.69, 9.17) is 0 Å². The van der Waals surface area contributed by atoms with Crippen LogP contribution >= 0.6 is 0 Å². The van der Waals surface area contributed by atoms with Crippen LogP contribution in [0.15, 0.2) is 67.0 Å². The van der Waals surface area contributed by atoms with Crippen molar-refractivity contribution in [3.05, 3.63) is 89.5 Å². The van der Waals surface area contributed by atoms with Gasteiger partial charge in [-0.25, -0.2) is 4.98 Å². The second kappa shape index (κ2) is 7.78. The number of imidazole rings is 1. The van der Waals surface area contributed by atoms with Crippen molar-refractivity contribution >= 4 is 5.91 Å². The first-order valence-electron chi connectivity index (χ1n) is 9.28. The Balaban J connectivity index is 1.88. The summed E-state index contributed by atoms with van der Waals surface area (Å²) >= 11 is 0. The normalized spacial score (nSPS) is 11.4. The van der Waals surface area contributed by atoms with E-state index in [-0.39, 0.29) is 11.4 Å². The zero-order chi connectivity index (χ0) is 19.4. The van der Waals surface area contributed by atoms with Gasteiger partial charge < -0.3 is 9.47 Å². The molecule has 0 unspecified atom stereocenters. The topological polar surface area (TPSA) is 38.1 Å². The lowest BCUT2D eigenvalue weighted by Crippen LogP contribution is -2.45. The van der Waals surface area contributed by atoms with Gasteiger partial charge in [0.15, 0.2) is 0 Å². The number of aryl methyl sites for hydroxylation is 1. The fourth-order valence-electron chi connectivity index (χ4n) is 3.13. The Morgan fingerprint density at radius 1 is 1.04 bits per heavy atom. The third-order valence-corrected chi connectivity index (χ3v) is 4.73. The third kappa shape index (κ3) is 4.45. The lowest BCUT2D eigenvalue weighted by Gasteiger charge is -2.36. The lowest BCUT2D eigenvalue weighted by molar-refractivity contribution is 0.0547. The van der Waals surface area contributed by atoms with E-state index in [2.05, 4.69) is 42.5 Å². The molecule has 2 aromatic carbocycles. The van der Waals surface area contributed by atoms with Gasteiger partial charge in [0.05, 0.1) is 6.54 Å². The number of carbonyl (C=O) groups is 1. The molecule has 1 heterocycles. The molecule has 0 aliphatic heterocycles. The highest BCUT2D eigenvalue weighted by molar-refractivity contribution is 5.96. The molecule has 4 heteroatoms. The molecular weight excluding hydrogens is 334 g/mol. The minimum atomic E-state index is -0.317. The van der Waals surface area contributed by atoms with E-state index >= 15 is 0 Å². The fourth-order valence-corrected chi connectivity index (χ4v) is 3.13. The Bertz CT molecular complexity index is 907. The maximum atomic E-state index is 13.3. The van der Waals surface area contributed by atoms with E-state index in [0.717, 1.165) is 23.5 Å². The second-order valence-electron chi connectivity index (χ2n) is 7.83. The standard InChI is InChI=1S/C23H27N3O/c1-18-10-8-9-13-20(18)22(27)26(23(2,3)4)17-21-24-14-15-25(21)16-19-11-6-5-7-12-19/h5-15H,16-17H2,1-4H3. The minimum absolute atomic E-state index is 0.0369. The Morgan fingerprint density at radius 3 is 2.37 bits per heavy atom. The van der Waals surface area contributed by atoms with Crippen molar-refractivity contribution in [2.75, 3.05) is 0 Å². The molecule has 1 amide bonds. The number of rotatable bonds is 5.